The Morgan fingerprint density at radius 3 is 2.55 bits per heavy atom. The quantitative estimate of drug-likeness (QED) is 0.581. The molecule has 8 atom stereocenters. The molecule has 0 aromatic rings. The van der Waals surface area contributed by atoms with E-state index in [1.54, 1.807) is 6.08 Å². The molecule has 0 unspecified atom stereocenters. The van der Waals surface area contributed by atoms with E-state index >= 15 is 0 Å². The summed E-state index contributed by atoms with van der Waals surface area (Å²) in [5.41, 5.74) is -2.33. The minimum Gasteiger partial charge on any atom is -0.458 e. The maximum absolute atomic E-state index is 12.1. The Morgan fingerprint density at radius 2 is 1.86 bits per heavy atom. The number of fused-ring (bicyclic) bond motifs is 5. The van der Waals surface area contributed by atoms with Gasteiger partial charge in [-0.05, 0) is 74.7 Å². The summed E-state index contributed by atoms with van der Waals surface area (Å²) in [4.78, 5) is 11.6. The molecule has 0 amide bonds. The first-order valence-electron chi connectivity index (χ1n) is 11.1. The van der Waals surface area contributed by atoms with E-state index in [0.29, 0.717) is 38.7 Å². The molecular formula is C23H31NO5. The zero-order valence-corrected chi connectivity index (χ0v) is 17.1. The number of hydrogen-bond acceptors (Lipinski definition) is 6. The van der Waals surface area contributed by atoms with Crippen LogP contribution in [-0.2, 0) is 9.53 Å². The van der Waals surface area contributed by atoms with Crippen molar-refractivity contribution in [3.05, 3.63) is 11.6 Å². The average molecular weight is 402 g/mol. The maximum atomic E-state index is 12.1. The summed E-state index contributed by atoms with van der Waals surface area (Å²) in [5, 5.41) is 44.0. The van der Waals surface area contributed by atoms with E-state index in [0.717, 1.165) is 24.8 Å². The highest BCUT2D eigenvalue weighted by Gasteiger charge is 2.71. The predicted octanol–water partition coefficient (Wildman–Crippen LogP) is 2.22. The van der Waals surface area contributed by atoms with E-state index in [9.17, 15) is 25.4 Å². The Labute approximate surface area is 171 Å². The first-order valence-corrected chi connectivity index (χ1v) is 11.1. The van der Waals surface area contributed by atoms with E-state index in [1.165, 1.54) is 0 Å². The second-order valence-corrected chi connectivity index (χ2v) is 10.6. The van der Waals surface area contributed by atoms with Crippen LogP contribution in [0.2, 0.25) is 0 Å². The van der Waals surface area contributed by atoms with Crippen molar-refractivity contribution in [2.45, 2.75) is 82.0 Å². The maximum Gasteiger partial charge on any atom is 0.331 e. The molecule has 0 bridgehead atoms. The number of cyclic esters (lactones) is 1. The number of nitrogens with zero attached hydrogens (tertiary/aromatic N) is 1. The Bertz CT molecular complexity index is 819. The van der Waals surface area contributed by atoms with E-state index < -0.39 is 22.7 Å². The molecule has 29 heavy (non-hydrogen) atoms. The molecule has 0 radical (unpaired) electrons. The monoisotopic (exact) mass is 401 g/mol. The SMILES string of the molecule is C[C@]12CC[C@H]3[C@@H](CC[C@]4(O)C[C@@H](O)CC[C@]34C#N)[C@@]1(O)CC[C@@H]2C1=CC(=O)OC1. The molecule has 4 saturated carbocycles. The molecular weight excluding hydrogens is 370 g/mol. The van der Waals surface area contributed by atoms with Crippen molar-refractivity contribution in [3.63, 3.8) is 0 Å². The number of rotatable bonds is 1. The summed E-state index contributed by atoms with van der Waals surface area (Å²) in [7, 11) is 0. The molecule has 5 aliphatic rings. The molecule has 4 aliphatic carbocycles. The molecule has 158 valence electrons. The highest BCUT2D eigenvalue weighted by atomic mass is 16.5. The van der Waals surface area contributed by atoms with Gasteiger partial charge in [-0.15, -0.1) is 0 Å². The number of nitriles is 1. The van der Waals surface area contributed by atoms with Gasteiger partial charge in [-0.25, -0.2) is 4.79 Å². The van der Waals surface area contributed by atoms with Gasteiger partial charge in [-0.1, -0.05) is 6.92 Å². The molecule has 1 heterocycles. The van der Waals surface area contributed by atoms with Crippen molar-refractivity contribution >= 4 is 5.97 Å². The van der Waals surface area contributed by atoms with Gasteiger partial charge in [0.15, 0.2) is 0 Å². The Hall–Kier alpha value is -1.42. The van der Waals surface area contributed by atoms with Crippen LogP contribution in [0.15, 0.2) is 11.6 Å². The lowest BCUT2D eigenvalue weighted by molar-refractivity contribution is -0.242. The second kappa shape index (κ2) is 6.06. The minimum atomic E-state index is -1.17. The summed E-state index contributed by atoms with van der Waals surface area (Å²) in [6.45, 7) is 2.47. The van der Waals surface area contributed by atoms with Crippen LogP contribution in [0.1, 0.15) is 64.7 Å². The molecule has 3 N–H and O–H groups in total. The minimum absolute atomic E-state index is 0.0416. The van der Waals surface area contributed by atoms with Crippen molar-refractivity contribution in [2.24, 2.45) is 28.6 Å². The highest BCUT2D eigenvalue weighted by Crippen LogP contribution is 2.70. The smallest absolute Gasteiger partial charge is 0.331 e. The van der Waals surface area contributed by atoms with Crippen LogP contribution in [0.5, 0.6) is 0 Å². The number of aliphatic hydroxyl groups is 3. The van der Waals surface area contributed by atoms with Crippen LogP contribution in [0.3, 0.4) is 0 Å². The van der Waals surface area contributed by atoms with Crippen LogP contribution in [0.4, 0.5) is 0 Å². The van der Waals surface area contributed by atoms with Crippen LogP contribution in [-0.4, -0.2) is 45.2 Å². The lowest BCUT2D eigenvalue weighted by Gasteiger charge is -2.64. The van der Waals surface area contributed by atoms with Gasteiger partial charge in [0.25, 0.3) is 0 Å². The van der Waals surface area contributed by atoms with Crippen molar-refractivity contribution in [3.8, 4) is 6.07 Å². The molecule has 0 saturated heterocycles. The first kappa shape index (κ1) is 19.5. The molecule has 6 nitrogen and oxygen atoms in total. The molecule has 4 fully saturated rings. The van der Waals surface area contributed by atoms with Crippen molar-refractivity contribution in [1.82, 2.24) is 0 Å². The van der Waals surface area contributed by atoms with Crippen LogP contribution >= 0.6 is 0 Å². The van der Waals surface area contributed by atoms with Gasteiger partial charge in [-0.3, -0.25) is 0 Å². The number of hydrogen-bond donors (Lipinski definition) is 3. The molecule has 0 aromatic heterocycles. The average Bonchev–Trinajstić information content (AvgIpc) is 3.21. The Kier molecular flexibility index (Phi) is 4.08. The summed E-state index contributed by atoms with van der Waals surface area (Å²) in [6, 6.07) is 2.51. The van der Waals surface area contributed by atoms with Crippen LogP contribution < -0.4 is 0 Å². The van der Waals surface area contributed by atoms with Gasteiger partial charge < -0.3 is 20.1 Å². The fraction of sp³-hybridized carbons (Fsp3) is 0.826. The topological polar surface area (TPSA) is 111 Å². The zero-order valence-electron chi connectivity index (χ0n) is 17.1. The van der Waals surface area contributed by atoms with E-state index in [-0.39, 0.29) is 35.6 Å². The Morgan fingerprint density at radius 1 is 1.10 bits per heavy atom. The predicted molar refractivity (Wildman–Crippen MR) is 103 cm³/mol. The largest absolute Gasteiger partial charge is 0.458 e. The third kappa shape index (κ3) is 2.30. The third-order valence-electron chi connectivity index (χ3n) is 9.75. The van der Waals surface area contributed by atoms with Crippen molar-refractivity contribution in [2.75, 3.05) is 6.61 Å². The first-order chi connectivity index (χ1) is 13.7. The summed E-state index contributed by atoms with van der Waals surface area (Å²) in [6.07, 6.45) is 6.48. The standard InChI is InChI=1S/C23H31NO5/c1-20-6-3-17-18(4-8-22(27)11-15(25)2-7-21(17,22)13-24)23(20,28)9-5-16(20)14-10-19(26)29-12-14/h10,15-18,25,27-28H,2-9,11-12H2,1H3/t15-,16+,17-,18+,20+,21-,22-,23-/m0/s1. The normalized spacial score (nSPS) is 53.9. The number of carbonyl (C=O) groups excluding carboxylic acids is 1. The molecule has 5 rings (SSSR count). The molecule has 0 spiro atoms. The second-order valence-electron chi connectivity index (χ2n) is 10.6. The lowest BCUT2D eigenvalue weighted by Crippen LogP contribution is -2.67. The molecule has 0 aromatic carbocycles. The zero-order chi connectivity index (χ0) is 20.7. The number of ether oxygens (including phenoxy) is 1. The van der Waals surface area contributed by atoms with E-state index in [1.807, 2.05) is 0 Å². The van der Waals surface area contributed by atoms with Gasteiger partial charge in [-0.2, -0.15) is 5.26 Å². The fourth-order valence-electron chi connectivity index (χ4n) is 8.27. The summed E-state index contributed by atoms with van der Waals surface area (Å²) >= 11 is 0. The summed E-state index contributed by atoms with van der Waals surface area (Å²) < 4.78 is 5.16. The van der Waals surface area contributed by atoms with Crippen LogP contribution in [0, 0.1) is 39.9 Å². The van der Waals surface area contributed by atoms with Gasteiger partial charge >= 0.3 is 5.97 Å². The highest BCUT2D eigenvalue weighted by molar-refractivity contribution is 5.85. The van der Waals surface area contributed by atoms with Gasteiger partial charge in [0.1, 0.15) is 6.61 Å². The number of carbonyl (C=O) groups is 1. The van der Waals surface area contributed by atoms with Gasteiger partial charge in [0, 0.05) is 17.9 Å². The summed E-state index contributed by atoms with van der Waals surface area (Å²) in [5.74, 6) is -0.280. The van der Waals surface area contributed by atoms with Crippen molar-refractivity contribution in [1.29, 1.82) is 5.26 Å². The van der Waals surface area contributed by atoms with E-state index in [2.05, 4.69) is 13.0 Å². The van der Waals surface area contributed by atoms with Crippen LogP contribution in [0.25, 0.3) is 0 Å². The molecule has 6 heteroatoms. The third-order valence-corrected chi connectivity index (χ3v) is 9.75. The molecule has 1 aliphatic heterocycles. The number of aliphatic hydroxyl groups excluding tert-OH is 1. The van der Waals surface area contributed by atoms with Gasteiger partial charge in [0.2, 0.25) is 0 Å². The van der Waals surface area contributed by atoms with Crippen molar-refractivity contribution < 1.29 is 24.9 Å². The lowest BCUT2D eigenvalue weighted by atomic mass is 9.41. The fourth-order valence-corrected chi connectivity index (χ4v) is 8.27. The van der Waals surface area contributed by atoms with Gasteiger partial charge in [0.05, 0.1) is 28.8 Å². The number of esters is 1. The Balaban J connectivity index is 1.52. The van der Waals surface area contributed by atoms with E-state index in [4.69, 9.17) is 4.74 Å².